The van der Waals surface area contributed by atoms with Gasteiger partial charge < -0.3 is 15.3 Å². The molecule has 0 bridgehead atoms. The van der Waals surface area contributed by atoms with Crippen molar-refractivity contribution in [3.63, 3.8) is 0 Å². The Hall–Kier alpha value is -1.43. The molecule has 0 aliphatic carbocycles. The van der Waals surface area contributed by atoms with E-state index in [-0.39, 0.29) is 18.9 Å². The predicted molar refractivity (Wildman–Crippen MR) is 88.0 cm³/mol. The first-order valence-electron chi connectivity index (χ1n) is 7.79. The number of carboxylic acids is 2. The quantitative estimate of drug-likeness (QED) is 0.690. The number of carboxylic acid groups (broad SMARTS) is 2. The monoisotopic (exact) mass is 322 g/mol. The number of hydrogen-bond acceptors (Lipinski definition) is 4. The lowest BCUT2D eigenvalue weighted by molar-refractivity contribution is -0.137. The van der Waals surface area contributed by atoms with Gasteiger partial charge in [0.15, 0.2) is 0 Å². The molecule has 0 spiro atoms. The summed E-state index contributed by atoms with van der Waals surface area (Å²) >= 11 is 0. The molecule has 0 aliphatic heterocycles. The van der Waals surface area contributed by atoms with E-state index >= 15 is 0 Å². The Morgan fingerprint density at radius 2 is 0.909 bits per heavy atom. The van der Waals surface area contributed by atoms with Gasteiger partial charge in [0, 0.05) is 25.7 Å². The summed E-state index contributed by atoms with van der Waals surface area (Å²) in [6.07, 6.45) is 3.53. The zero-order valence-corrected chi connectivity index (χ0v) is 14.9. The predicted octanol–water partition coefficient (Wildman–Crippen LogP) is 3.50. The number of aliphatic hydroxyl groups is 1. The fourth-order valence-electron chi connectivity index (χ4n) is 0.539. The van der Waals surface area contributed by atoms with Crippen LogP contribution in [0.4, 0.5) is 0 Å². The van der Waals surface area contributed by atoms with Crippen LogP contribution in [0.25, 0.3) is 0 Å². The van der Waals surface area contributed by atoms with Crippen LogP contribution in [0.3, 0.4) is 0 Å². The molecule has 6 nitrogen and oxygen atoms in total. The van der Waals surface area contributed by atoms with Crippen molar-refractivity contribution in [3.8, 4) is 0 Å². The Morgan fingerprint density at radius 3 is 0.909 bits per heavy atom. The lowest BCUT2D eigenvalue weighted by Crippen LogP contribution is -1.99. The van der Waals surface area contributed by atoms with Gasteiger partial charge in [0.25, 0.3) is 0 Å². The van der Waals surface area contributed by atoms with Crippen LogP contribution in [0.1, 0.15) is 80.1 Å². The third kappa shape index (κ3) is 51.3. The minimum absolute atomic E-state index is 0.0648. The number of Topliss-reactive ketones (excluding diaryl/α,β-unsaturated/α-hetero) is 1. The number of aliphatic carboxylic acids is 2. The molecule has 0 radical (unpaired) electrons. The Labute approximate surface area is 134 Å². The minimum Gasteiger partial charge on any atom is -0.481 e. The fraction of sp³-hybridized carbons (Fsp3) is 0.812. The summed E-state index contributed by atoms with van der Waals surface area (Å²) in [6, 6.07) is 0. The molecule has 0 aromatic heterocycles. The Bertz CT molecular complexity index is 239. The highest BCUT2D eigenvalue weighted by atomic mass is 16.4. The molecule has 0 unspecified atom stereocenters. The zero-order chi connectivity index (χ0) is 18.6. The second kappa shape index (κ2) is 24.6. The van der Waals surface area contributed by atoms with Crippen molar-refractivity contribution in [2.45, 2.75) is 86.2 Å². The third-order valence-electron chi connectivity index (χ3n) is 2.34. The lowest BCUT2D eigenvalue weighted by Gasteiger charge is -1.98. The molecule has 22 heavy (non-hydrogen) atoms. The third-order valence-corrected chi connectivity index (χ3v) is 2.34. The van der Waals surface area contributed by atoms with Gasteiger partial charge in [-0.2, -0.15) is 0 Å². The highest BCUT2D eigenvalue weighted by Crippen LogP contribution is 1.92. The van der Waals surface area contributed by atoms with Crippen LogP contribution in [-0.2, 0) is 14.4 Å². The molecule has 0 rings (SSSR count). The molecule has 0 fully saturated rings. The SMILES string of the molecule is CCC(=O)CC.CCC(=O)O.CCC(=O)O.CCC(O)CC. The van der Waals surface area contributed by atoms with Crippen LogP contribution in [0.5, 0.6) is 0 Å². The Morgan fingerprint density at radius 1 is 0.682 bits per heavy atom. The van der Waals surface area contributed by atoms with E-state index in [1.165, 1.54) is 0 Å². The van der Waals surface area contributed by atoms with Gasteiger partial charge in [-0.3, -0.25) is 14.4 Å². The molecule has 134 valence electrons. The topological polar surface area (TPSA) is 112 Å². The van der Waals surface area contributed by atoms with Crippen LogP contribution in [0, 0.1) is 0 Å². The second-order valence-electron chi connectivity index (χ2n) is 4.21. The summed E-state index contributed by atoms with van der Waals surface area (Å²) in [7, 11) is 0. The molecule has 0 amide bonds. The van der Waals surface area contributed by atoms with Crippen molar-refractivity contribution in [2.75, 3.05) is 0 Å². The summed E-state index contributed by atoms with van der Waals surface area (Å²) in [5.74, 6) is -1.15. The van der Waals surface area contributed by atoms with E-state index < -0.39 is 11.9 Å². The van der Waals surface area contributed by atoms with Gasteiger partial charge in [-0.1, -0.05) is 41.5 Å². The lowest BCUT2D eigenvalue weighted by atomic mass is 10.2. The van der Waals surface area contributed by atoms with Crippen LogP contribution < -0.4 is 0 Å². The van der Waals surface area contributed by atoms with E-state index in [2.05, 4.69) is 0 Å². The van der Waals surface area contributed by atoms with E-state index in [0.29, 0.717) is 18.6 Å². The van der Waals surface area contributed by atoms with Gasteiger partial charge in [-0.05, 0) is 12.8 Å². The second-order valence-corrected chi connectivity index (χ2v) is 4.21. The van der Waals surface area contributed by atoms with Gasteiger partial charge in [0.2, 0.25) is 0 Å². The number of carbonyl (C=O) groups is 3. The molecule has 0 aliphatic rings. The van der Waals surface area contributed by atoms with E-state index in [0.717, 1.165) is 12.8 Å². The van der Waals surface area contributed by atoms with E-state index in [1.54, 1.807) is 13.8 Å². The molecule has 0 aromatic carbocycles. The number of rotatable bonds is 6. The molecule has 0 saturated carbocycles. The molecule has 0 atom stereocenters. The number of aliphatic hydroxyl groups excluding tert-OH is 1. The van der Waals surface area contributed by atoms with Crippen molar-refractivity contribution in [3.05, 3.63) is 0 Å². The van der Waals surface area contributed by atoms with Gasteiger partial charge in [-0.25, -0.2) is 0 Å². The zero-order valence-electron chi connectivity index (χ0n) is 14.9. The first-order chi connectivity index (χ1) is 10.2. The van der Waals surface area contributed by atoms with E-state index in [9.17, 15) is 14.4 Å². The Kier molecular flexibility index (Phi) is 32.1. The highest BCUT2D eigenvalue weighted by molar-refractivity contribution is 5.77. The van der Waals surface area contributed by atoms with Gasteiger partial charge in [-0.15, -0.1) is 0 Å². The smallest absolute Gasteiger partial charge is 0.303 e. The minimum atomic E-state index is -0.745. The van der Waals surface area contributed by atoms with Crippen molar-refractivity contribution < 1.29 is 29.7 Å². The number of ketones is 1. The largest absolute Gasteiger partial charge is 0.481 e. The van der Waals surface area contributed by atoms with E-state index in [1.807, 2.05) is 27.7 Å². The van der Waals surface area contributed by atoms with Gasteiger partial charge >= 0.3 is 11.9 Å². The van der Waals surface area contributed by atoms with Crippen LogP contribution in [0.15, 0.2) is 0 Å². The first-order valence-corrected chi connectivity index (χ1v) is 7.79. The molecule has 0 heterocycles. The fourth-order valence-corrected chi connectivity index (χ4v) is 0.539. The Balaban J connectivity index is -0.0000000986. The van der Waals surface area contributed by atoms with E-state index in [4.69, 9.17) is 15.3 Å². The van der Waals surface area contributed by atoms with Gasteiger partial charge in [0.1, 0.15) is 5.78 Å². The summed E-state index contributed by atoms with van der Waals surface area (Å²) in [5.41, 5.74) is 0. The van der Waals surface area contributed by atoms with Crippen LogP contribution in [-0.4, -0.2) is 39.1 Å². The average molecular weight is 322 g/mol. The maximum absolute atomic E-state index is 10.2. The average Bonchev–Trinajstić information content (AvgIpc) is 2.54. The van der Waals surface area contributed by atoms with Crippen molar-refractivity contribution in [1.29, 1.82) is 0 Å². The molecule has 0 aromatic rings. The number of hydrogen-bond donors (Lipinski definition) is 3. The standard InChI is InChI=1S/C5H12O.C5H10O.2C3H6O2/c2*1-3-5(6)4-2;2*1-2-3(4)5/h5-6H,3-4H2,1-2H3;3-4H2,1-2H3;2*2H2,1H3,(H,4,5). The van der Waals surface area contributed by atoms with Crippen LogP contribution >= 0.6 is 0 Å². The molecular weight excluding hydrogens is 288 g/mol. The van der Waals surface area contributed by atoms with Crippen molar-refractivity contribution in [1.82, 2.24) is 0 Å². The number of carbonyl (C=O) groups excluding carboxylic acids is 1. The van der Waals surface area contributed by atoms with Crippen molar-refractivity contribution in [2.24, 2.45) is 0 Å². The van der Waals surface area contributed by atoms with Gasteiger partial charge in [0.05, 0.1) is 6.10 Å². The summed E-state index contributed by atoms with van der Waals surface area (Å²) in [5, 5.41) is 24.1. The molecule has 6 heteroatoms. The summed E-state index contributed by atoms with van der Waals surface area (Å²) in [4.78, 5) is 28.9. The molecular formula is C16H34O6. The first kappa shape index (κ1) is 28.7. The molecule has 0 saturated heterocycles. The van der Waals surface area contributed by atoms with Crippen molar-refractivity contribution >= 4 is 17.7 Å². The summed E-state index contributed by atoms with van der Waals surface area (Å²) < 4.78 is 0. The normalized spacial score (nSPS) is 8.36. The highest BCUT2D eigenvalue weighted by Gasteiger charge is 1.90. The van der Waals surface area contributed by atoms with Crippen LogP contribution in [0.2, 0.25) is 0 Å². The molecule has 3 N–H and O–H groups in total. The summed E-state index contributed by atoms with van der Waals surface area (Å²) in [6.45, 7) is 10.9. The maximum atomic E-state index is 10.2. The maximum Gasteiger partial charge on any atom is 0.303 e.